The van der Waals surface area contributed by atoms with Crippen molar-refractivity contribution >= 4 is 43.5 Å². The van der Waals surface area contributed by atoms with Crippen LogP contribution in [0.1, 0.15) is 354 Å². The number of rotatable bonds is 0. The Balaban J connectivity index is -0.0000000881. The largest absolute Gasteiger partial charge is 0.486 e. The molecule has 14 aromatic rings. The number of H-pyrrole nitrogens is 2. The van der Waals surface area contributed by atoms with Gasteiger partial charge in [0.1, 0.15) is 19.0 Å². The van der Waals surface area contributed by atoms with Gasteiger partial charge in [0, 0.05) is 23.3 Å². The number of benzene rings is 11. The molecule has 11 nitrogen and oxygen atoms in total. The molecular formula is C125H213N5O6. The van der Waals surface area contributed by atoms with Gasteiger partial charge in [-0.15, -0.1) is 0 Å². The third-order valence-electron chi connectivity index (χ3n) is 15.1. The molecule has 2 N–H and O–H groups in total. The molecule has 0 fully saturated rings. The van der Waals surface area contributed by atoms with Gasteiger partial charge in [0.2, 0.25) is 6.79 Å². The van der Waals surface area contributed by atoms with Crippen molar-refractivity contribution in [2.45, 2.75) is 358 Å². The minimum atomic E-state index is 0. The zero-order valence-corrected chi connectivity index (χ0v) is 91.7. The lowest BCUT2D eigenvalue weighted by atomic mass is 9.92. The van der Waals surface area contributed by atoms with Crippen molar-refractivity contribution in [2.24, 2.45) is 0 Å². The fraction of sp³-hybridized carbons (Fsp3) is 0.448. The minimum Gasteiger partial charge on any atom is -0.486 e. The van der Waals surface area contributed by atoms with Gasteiger partial charge >= 0.3 is 0 Å². The molecule has 3 aromatic heterocycles. The number of pyridine rings is 1. The third-order valence-corrected chi connectivity index (χ3v) is 15.1. The number of aryl methyl sites for hydroxylation is 4. The van der Waals surface area contributed by atoms with E-state index < -0.39 is 0 Å². The van der Waals surface area contributed by atoms with Crippen LogP contribution in [-0.4, -0.2) is 51.9 Å². The summed E-state index contributed by atoms with van der Waals surface area (Å²) in [4.78, 5) is 10.9. The molecule has 11 heteroatoms. The molecule has 2 aliphatic carbocycles. The number of nitrogens with zero attached hydrogens (tertiary/aromatic N) is 3. The predicted molar refractivity (Wildman–Crippen MR) is 626 cm³/mol. The summed E-state index contributed by atoms with van der Waals surface area (Å²) >= 11 is 0. The van der Waals surface area contributed by atoms with Crippen LogP contribution >= 0.6 is 0 Å². The van der Waals surface area contributed by atoms with Crippen molar-refractivity contribution in [2.75, 3.05) is 26.8 Å². The van der Waals surface area contributed by atoms with Crippen molar-refractivity contribution in [1.82, 2.24) is 25.1 Å². The Labute approximate surface area is 843 Å². The van der Waals surface area contributed by atoms with E-state index >= 15 is 0 Å². The van der Waals surface area contributed by atoms with Gasteiger partial charge in [-0.05, 0) is 149 Å². The highest BCUT2D eigenvalue weighted by atomic mass is 16.7. The van der Waals surface area contributed by atoms with Gasteiger partial charge in [0.15, 0.2) is 29.8 Å². The van der Waals surface area contributed by atoms with E-state index in [4.69, 9.17) is 28.4 Å². The molecule has 0 amide bonds. The summed E-state index contributed by atoms with van der Waals surface area (Å²) in [6, 6.07) is 95.9. The molecule has 6 heterocycles. The Morgan fingerprint density at radius 3 is 0.779 bits per heavy atom. The SMILES string of the molecule is C.C.C.C.CC.CC.CC.CC.CC.CC.CC.CC.CC.CC.CC.CC.CC.CC.CC.CC.CC.CC.CC.CC.c1ccc2[nH]cnc2c1.c1ccc2[nH]ncc2c1.c1ccc2c(c1)CCC2.c1ccc2c(c1)CCCC2.c1ccc2c(c1)COCO2.c1ccc2c(c1)OCCO2.c1ccc2c(c1)OCO2.c1ccc2ccccc2c1.c1ccc2ccccc2c1.c1ccncc1. The summed E-state index contributed by atoms with van der Waals surface area (Å²) in [6.07, 6.45) is 16.4. The Morgan fingerprint density at radius 2 is 0.485 bits per heavy atom. The first kappa shape index (κ1) is 159. The van der Waals surface area contributed by atoms with E-state index in [1.54, 1.807) is 41.0 Å². The highest BCUT2D eigenvalue weighted by Crippen LogP contribution is 2.31. The maximum atomic E-state index is 5.30. The molecule has 3 aliphatic heterocycles. The highest BCUT2D eigenvalue weighted by molar-refractivity contribution is 5.83. The maximum absolute atomic E-state index is 5.30. The minimum absolute atomic E-state index is 0. The number of nitrogens with one attached hydrogen (secondary N) is 2. The summed E-state index contributed by atoms with van der Waals surface area (Å²) in [5.74, 6) is 4.35. The van der Waals surface area contributed by atoms with E-state index in [0.717, 1.165) is 56.2 Å². The Hall–Kier alpha value is -11.0. The first-order valence-electron chi connectivity index (χ1n) is 51.3. The van der Waals surface area contributed by atoms with Gasteiger partial charge in [-0.1, -0.05) is 531 Å². The fourth-order valence-electron chi connectivity index (χ4n) is 10.4. The molecule has 0 radical (unpaired) electrons. The van der Waals surface area contributed by atoms with E-state index in [9.17, 15) is 0 Å². The van der Waals surface area contributed by atoms with Crippen LogP contribution in [0, 0.1) is 0 Å². The Morgan fingerprint density at radius 1 is 0.228 bits per heavy atom. The molecule has 0 saturated heterocycles. The Kier molecular flexibility index (Phi) is 160. The van der Waals surface area contributed by atoms with Crippen molar-refractivity contribution in [3.05, 3.63) is 338 Å². The monoisotopic (exact) mass is 1880 g/mol. The normalized spacial score (nSPS) is 9.44. The Bertz CT molecular complexity index is 3740. The first-order chi connectivity index (χ1) is 65.7. The summed E-state index contributed by atoms with van der Waals surface area (Å²) < 4.78 is 31.0. The number of para-hydroxylation sites is 8. The molecule has 0 spiro atoms. The van der Waals surface area contributed by atoms with Gasteiger partial charge in [-0.3, -0.25) is 10.1 Å². The number of aromatic nitrogens is 5. The van der Waals surface area contributed by atoms with Crippen LogP contribution in [0.3, 0.4) is 0 Å². The van der Waals surface area contributed by atoms with Gasteiger partial charge in [0.05, 0.1) is 35.7 Å². The van der Waals surface area contributed by atoms with Crippen LogP contribution in [0.15, 0.2) is 310 Å². The summed E-state index contributed by atoms with van der Waals surface area (Å²) in [5, 5.41) is 13.2. The second-order valence-corrected chi connectivity index (χ2v) is 21.4. The second-order valence-electron chi connectivity index (χ2n) is 21.4. The molecule has 0 unspecified atom stereocenters. The molecular weight excluding hydrogens is 1670 g/mol. The standard InChI is InChI=1S/C10H12.2C10H8.C9H10.2C8H8O2.2C7H6N2.C7H6O2.C5H5N.20C2H6.4CH4/c3*1-2-6-10-8-4-3-7-9(10)5-1;1-2-5-9-7-3-6-8(9)4-1;1-2-4-8-7(3-1)5-9-6-10-8;1-2-4-8-7(3-1)9-5-6-10-8;1-2-4-7-6(3-1)8-5-9-7;1-2-4-7-6(3-1)5-8-9-7;1-2-4-7-6(3-1)8-5-9-7;1-2-4-6-5-3-1;20*1-2;;;;/h1-2,5-6H,3-4,7-8H2;2*1-8H;1-2,4-5H,3,6-7H2;2*1-4H,5-6H2;2*1-5H,(H,8,9);1-4H,5H2;1-5H;20*1-2H3;4*1H4. The van der Waals surface area contributed by atoms with Crippen molar-refractivity contribution < 1.29 is 28.4 Å². The number of fused-ring (bicyclic) bond motifs is 9. The van der Waals surface area contributed by atoms with Gasteiger partial charge in [0.25, 0.3) is 0 Å². The molecule has 0 saturated carbocycles. The van der Waals surface area contributed by atoms with E-state index in [0.29, 0.717) is 33.4 Å². The molecule has 0 bridgehead atoms. The van der Waals surface area contributed by atoms with Crippen molar-refractivity contribution in [1.29, 1.82) is 0 Å². The van der Waals surface area contributed by atoms with E-state index in [2.05, 4.69) is 171 Å². The molecule has 11 aromatic carbocycles. The lowest BCUT2D eigenvalue weighted by molar-refractivity contribution is -0.0163. The smallest absolute Gasteiger partial charge is 0.231 e. The van der Waals surface area contributed by atoms with Crippen LogP contribution < -0.4 is 23.7 Å². The second kappa shape index (κ2) is 137. The first-order valence-corrected chi connectivity index (χ1v) is 51.3. The van der Waals surface area contributed by atoms with Crippen molar-refractivity contribution in [3.63, 3.8) is 0 Å². The fourth-order valence-corrected chi connectivity index (χ4v) is 10.4. The van der Waals surface area contributed by atoms with Crippen LogP contribution in [0.25, 0.3) is 43.5 Å². The average molecular weight is 1880 g/mol. The summed E-state index contributed by atoms with van der Waals surface area (Å²) in [7, 11) is 0. The lowest BCUT2D eigenvalue weighted by Gasteiger charge is -2.17. The zero-order chi connectivity index (χ0) is 103. The molecule has 136 heavy (non-hydrogen) atoms. The highest BCUT2D eigenvalue weighted by Gasteiger charge is 2.12. The topological polar surface area (TPSA) is 126 Å². The maximum Gasteiger partial charge on any atom is 0.231 e. The number of ether oxygens (including phenoxy) is 6. The van der Waals surface area contributed by atoms with Crippen LogP contribution in [-0.2, 0) is 37.0 Å². The lowest BCUT2D eigenvalue weighted by Crippen LogP contribution is -2.14. The van der Waals surface area contributed by atoms with Gasteiger partial charge in [-0.2, -0.15) is 5.10 Å². The van der Waals surface area contributed by atoms with E-state index in [1.807, 2.05) is 423 Å². The van der Waals surface area contributed by atoms with E-state index in [1.165, 1.54) is 66.5 Å². The van der Waals surface area contributed by atoms with Crippen LogP contribution in [0.5, 0.6) is 28.7 Å². The molecule has 19 rings (SSSR count). The number of hydrogen-bond donors (Lipinski definition) is 2. The molecule has 0 atom stereocenters. The predicted octanol–water partition coefficient (Wildman–Crippen LogP) is 42.1. The third kappa shape index (κ3) is 78.2. The van der Waals surface area contributed by atoms with Crippen molar-refractivity contribution in [3.8, 4) is 28.7 Å². The number of hydrogen-bond acceptors (Lipinski definition) is 9. The number of aromatic amines is 2. The average Bonchev–Trinajstić information content (AvgIpc) is 1.84. The summed E-state index contributed by atoms with van der Waals surface area (Å²) in [6.45, 7) is 82.8. The zero-order valence-electron chi connectivity index (χ0n) is 91.7. The number of imidazole rings is 1. The van der Waals surface area contributed by atoms with Crippen LogP contribution in [0.2, 0.25) is 0 Å². The van der Waals surface area contributed by atoms with Gasteiger partial charge < -0.3 is 33.4 Å². The van der Waals surface area contributed by atoms with Gasteiger partial charge in [-0.25, -0.2) is 4.98 Å². The molecule has 5 aliphatic rings. The molecule has 774 valence electrons. The quantitative estimate of drug-likeness (QED) is 0.153. The van der Waals surface area contributed by atoms with E-state index in [-0.39, 0.29) is 29.7 Å². The summed E-state index contributed by atoms with van der Waals surface area (Å²) in [5.41, 5.74) is 10.6. The van der Waals surface area contributed by atoms with Crippen LogP contribution in [0.4, 0.5) is 0 Å².